The van der Waals surface area contributed by atoms with Gasteiger partial charge in [0.1, 0.15) is 0 Å². The van der Waals surface area contributed by atoms with E-state index in [2.05, 4.69) is 74.5 Å². The second kappa shape index (κ2) is 8.26. The Labute approximate surface area is 129 Å². The first kappa shape index (κ1) is 16.1. The van der Waals surface area contributed by atoms with Gasteiger partial charge < -0.3 is 6.92 Å². The van der Waals surface area contributed by atoms with Gasteiger partial charge in [-0.1, -0.05) is 79.9 Å². The molecular formula is C18H21Li. The van der Waals surface area contributed by atoms with Crippen LogP contribution in [0.4, 0.5) is 0 Å². The van der Waals surface area contributed by atoms with Crippen LogP contribution in [-0.4, -0.2) is 0 Å². The molecule has 0 aliphatic carbocycles. The van der Waals surface area contributed by atoms with Crippen molar-refractivity contribution in [2.45, 2.75) is 25.7 Å². The summed E-state index contributed by atoms with van der Waals surface area (Å²) in [4.78, 5) is 0. The Morgan fingerprint density at radius 2 is 1.26 bits per heavy atom. The molecule has 1 heteroatoms. The van der Waals surface area contributed by atoms with Gasteiger partial charge in [-0.2, -0.15) is 6.42 Å². The molecule has 0 bridgehead atoms. The third kappa shape index (κ3) is 4.00. The zero-order chi connectivity index (χ0) is 12.8. The topological polar surface area (TPSA) is 0 Å². The minimum absolute atomic E-state index is 0. The molecule has 0 aliphatic heterocycles. The number of hydrogen-bond donors (Lipinski definition) is 0. The molecule has 0 nitrogen and oxygen atoms in total. The zero-order valence-corrected chi connectivity index (χ0v) is 12.0. The summed E-state index contributed by atoms with van der Waals surface area (Å²) in [5.74, 6) is 1.07. The van der Waals surface area contributed by atoms with E-state index in [1.54, 1.807) is 0 Å². The van der Waals surface area contributed by atoms with Crippen LogP contribution < -0.4 is 18.9 Å². The molecule has 2 rings (SSSR count). The summed E-state index contributed by atoms with van der Waals surface area (Å²) in [5.41, 5.74) is 2.80. The van der Waals surface area contributed by atoms with Gasteiger partial charge in [0.15, 0.2) is 0 Å². The molecule has 0 N–H and O–H groups in total. The Morgan fingerprint density at radius 1 is 0.842 bits per heavy atom. The van der Waals surface area contributed by atoms with Gasteiger partial charge in [0.05, 0.1) is 0 Å². The molecule has 0 amide bonds. The molecule has 0 saturated heterocycles. The average Bonchev–Trinajstić information content (AvgIpc) is 2.46. The second-order valence-corrected chi connectivity index (χ2v) is 4.76. The number of benzene rings is 2. The molecule has 19 heavy (non-hydrogen) atoms. The van der Waals surface area contributed by atoms with E-state index in [0.29, 0.717) is 11.8 Å². The Kier molecular flexibility index (Phi) is 6.99. The minimum atomic E-state index is 0. The summed E-state index contributed by atoms with van der Waals surface area (Å²) in [6.45, 7) is 6.39. The van der Waals surface area contributed by atoms with Crippen molar-refractivity contribution in [3.05, 3.63) is 78.7 Å². The number of rotatable bonds is 5. The van der Waals surface area contributed by atoms with Crippen LogP contribution in [0.3, 0.4) is 0 Å². The number of hydrogen-bond acceptors (Lipinski definition) is 0. The van der Waals surface area contributed by atoms with Crippen LogP contribution in [-0.2, 0) is 0 Å². The maximum Gasteiger partial charge on any atom is 1.00 e. The summed E-state index contributed by atoms with van der Waals surface area (Å²) in [6, 6.07) is 21.6. The van der Waals surface area contributed by atoms with Crippen molar-refractivity contribution in [3.63, 3.8) is 0 Å². The Morgan fingerprint density at radius 3 is 1.58 bits per heavy atom. The smallest absolute Gasteiger partial charge is 0.343 e. The van der Waals surface area contributed by atoms with Crippen LogP contribution in [0.2, 0.25) is 0 Å². The molecular weight excluding hydrogens is 223 g/mol. The van der Waals surface area contributed by atoms with Gasteiger partial charge in [0, 0.05) is 5.92 Å². The summed E-state index contributed by atoms with van der Waals surface area (Å²) in [7, 11) is 0. The Balaban J connectivity index is 0.00000180. The molecule has 94 valence electrons. The first-order chi connectivity index (χ1) is 8.86. The molecule has 1 atom stereocenters. The minimum Gasteiger partial charge on any atom is -0.343 e. The molecule has 1 unspecified atom stereocenters. The largest absolute Gasteiger partial charge is 1.00 e. The fourth-order valence-electron chi connectivity index (χ4n) is 2.66. The summed E-state index contributed by atoms with van der Waals surface area (Å²) >= 11 is 0. The first-order valence-electron chi connectivity index (χ1n) is 6.76. The summed E-state index contributed by atoms with van der Waals surface area (Å²) < 4.78 is 0. The maximum atomic E-state index is 4.13. The van der Waals surface area contributed by atoms with Crippen LogP contribution in [0.15, 0.2) is 60.7 Å². The van der Waals surface area contributed by atoms with Crippen LogP contribution in [0.25, 0.3) is 0 Å². The van der Waals surface area contributed by atoms with E-state index in [4.69, 9.17) is 0 Å². The molecule has 0 radical (unpaired) electrons. The predicted octanol–water partition coefficient (Wildman–Crippen LogP) is 2.07. The Hall–Kier alpha value is -0.963. The van der Waals surface area contributed by atoms with Gasteiger partial charge in [0.2, 0.25) is 0 Å². The fourth-order valence-corrected chi connectivity index (χ4v) is 2.66. The van der Waals surface area contributed by atoms with Gasteiger partial charge in [0.25, 0.3) is 0 Å². The maximum absolute atomic E-state index is 4.13. The van der Waals surface area contributed by atoms with Gasteiger partial charge in [-0.25, -0.2) is 0 Å². The SMILES string of the molecule is [CH2-]CC(CC)C(c1ccccc1)c1ccccc1.[Li+]. The summed E-state index contributed by atoms with van der Waals surface area (Å²) in [6.07, 6.45) is 2.14. The fraction of sp³-hybridized carbons (Fsp3) is 0.278. The van der Waals surface area contributed by atoms with E-state index < -0.39 is 0 Å². The molecule has 0 aromatic heterocycles. The quantitative estimate of drug-likeness (QED) is 0.558. The van der Waals surface area contributed by atoms with Crippen molar-refractivity contribution in [2.24, 2.45) is 5.92 Å². The molecule has 0 spiro atoms. The van der Waals surface area contributed by atoms with E-state index in [1.165, 1.54) is 11.1 Å². The Bertz CT molecular complexity index is 406. The van der Waals surface area contributed by atoms with Crippen molar-refractivity contribution in [3.8, 4) is 0 Å². The van der Waals surface area contributed by atoms with Crippen molar-refractivity contribution in [1.82, 2.24) is 0 Å². The molecule has 2 aromatic carbocycles. The van der Waals surface area contributed by atoms with Crippen LogP contribution in [0.5, 0.6) is 0 Å². The normalized spacial score (nSPS) is 11.9. The van der Waals surface area contributed by atoms with Gasteiger partial charge in [-0.05, 0) is 11.1 Å². The van der Waals surface area contributed by atoms with Gasteiger partial charge in [-0.15, -0.1) is 0 Å². The van der Waals surface area contributed by atoms with E-state index in [-0.39, 0.29) is 18.9 Å². The zero-order valence-electron chi connectivity index (χ0n) is 12.0. The van der Waals surface area contributed by atoms with Crippen LogP contribution in [0.1, 0.15) is 36.8 Å². The average molecular weight is 244 g/mol. The molecule has 0 saturated carbocycles. The molecule has 0 fully saturated rings. The standard InChI is InChI=1S/C18H21.Li/c1-3-15(4-2)18(16-11-7-5-8-12-16)17-13-9-6-10-14-17;/h5-15,18H,1,3-4H2,2H3;/q-1;+1. The van der Waals surface area contributed by atoms with Crippen molar-refractivity contribution in [1.29, 1.82) is 0 Å². The third-order valence-electron chi connectivity index (χ3n) is 3.68. The van der Waals surface area contributed by atoms with Gasteiger partial charge >= 0.3 is 18.9 Å². The van der Waals surface area contributed by atoms with Crippen molar-refractivity contribution < 1.29 is 18.9 Å². The molecule has 2 aromatic rings. The third-order valence-corrected chi connectivity index (χ3v) is 3.68. The van der Waals surface area contributed by atoms with E-state index in [9.17, 15) is 0 Å². The van der Waals surface area contributed by atoms with E-state index in [0.717, 1.165) is 12.8 Å². The van der Waals surface area contributed by atoms with Crippen molar-refractivity contribution in [2.75, 3.05) is 0 Å². The van der Waals surface area contributed by atoms with Gasteiger partial charge in [-0.3, -0.25) is 0 Å². The molecule has 0 aliphatic rings. The monoisotopic (exact) mass is 244 g/mol. The molecule has 0 heterocycles. The first-order valence-corrected chi connectivity index (χ1v) is 6.76. The summed E-state index contributed by atoms with van der Waals surface area (Å²) in [5, 5.41) is 0. The van der Waals surface area contributed by atoms with Crippen LogP contribution in [0, 0.1) is 12.8 Å². The van der Waals surface area contributed by atoms with Crippen molar-refractivity contribution >= 4 is 0 Å². The predicted molar refractivity (Wildman–Crippen MR) is 78.5 cm³/mol. The second-order valence-electron chi connectivity index (χ2n) is 4.76. The van der Waals surface area contributed by atoms with E-state index >= 15 is 0 Å². The van der Waals surface area contributed by atoms with E-state index in [1.807, 2.05) is 0 Å². The van der Waals surface area contributed by atoms with Crippen LogP contribution >= 0.6 is 0 Å².